The fourth-order valence-corrected chi connectivity index (χ4v) is 4.11. The maximum atomic E-state index is 13.1. The van der Waals surface area contributed by atoms with Gasteiger partial charge in [0.05, 0.1) is 0 Å². The zero-order valence-electron chi connectivity index (χ0n) is 19.2. The Labute approximate surface area is 189 Å². The van der Waals surface area contributed by atoms with Gasteiger partial charge in [0.1, 0.15) is 5.82 Å². The first-order chi connectivity index (χ1) is 14.8. The number of carbonyl (C=O) groups is 2. The van der Waals surface area contributed by atoms with Gasteiger partial charge < -0.3 is 15.3 Å². The van der Waals surface area contributed by atoms with Crippen molar-refractivity contribution < 1.29 is 19.5 Å². The van der Waals surface area contributed by atoms with E-state index in [2.05, 4.69) is 9.80 Å². The molecule has 0 unspecified atom stereocenters. The van der Waals surface area contributed by atoms with Crippen molar-refractivity contribution in [2.75, 3.05) is 49.1 Å². The van der Waals surface area contributed by atoms with Crippen LogP contribution in [0.1, 0.15) is 42.6 Å². The van der Waals surface area contributed by atoms with Crippen LogP contribution in [0.2, 0.25) is 0 Å². The SMILES string of the molecule is CC(=O)c1ccc(N(CCCCN2CCN(c3ccc(F)cc3)CC2)C(C)=O)c(C)c1.O. The third-order valence-corrected chi connectivity index (χ3v) is 5.94. The van der Waals surface area contributed by atoms with Crippen molar-refractivity contribution >= 4 is 23.1 Å². The summed E-state index contributed by atoms with van der Waals surface area (Å²) in [5.74, 6) is -0.151. The van der Waals surface area contributed by atoms with Crippen LogP contribution in [0.25, 0.3) is 0 Å². The molecule has 6 nitrogen and oxygen atoms in total. The van der Waals surface area contributed by atoms with Gasteiger partial charge in [0.2, 0.25) is 5.91 Å². The summed E-state index contributed by atoms with van der Waals surface area (Å²) < 4.78 is 13.1. The van der Waals surface area contributed by atoms with E-state index in [-0.39, 0.29) is 23.0 Å². The van der Waals surface area contributed by atoms with Gasteiger partial charge in [-0.1, -0.05) is 0 Å². The van der Waals surface area contributed by atoms with Gasteiger partial charge in [0, 0.05) is 56.6 Å². The third kappa shape index (κ3) is 6.61. The van der Waals surface area contributed by atoms with Gasteiger partial charge >= 0.3 is 0 Å². The first-order valence-corrected chi connectivity index (χ1v) is 11.0. The monoisotopic (exact) mass is 443 g/mol. The molecule has 2 N–H and O–H groups in total. The Hall–Kier alpha value is -2.77. The molecule has 0 aliphatic carbocycles. The van der Waals surface area contributed by atoms with Crippen molar-refractivity contribution in [3.63, 3.8) is 0 Å². The summed E-state index contributed by atoms with van der Waals surface area (Å²) in [6.45, 7) is 10.6. The molecule has 0 saturated carbocycles. The molecule has 1 amide bonds. The molecule has 1 heterocycles. The van der Waals surface area contributed by atoms with Crippen LogP contribution in [0.5, 0.6) is 0 Å². The summed E-state index contributed by atoms with van der Waals surface area (Å²) in [5, 5.41) is 0. The standard InChI is InChI=1S/C25H32FN3O2.H2O/c1-19-18-22(20(2)30)6-11-25(19)29(21(3)31)13-5-4-12-27-14-16-28(17-15-27)24-9-7-23(26)8-10-24;/h6-11,18H,4-5,12-17H2,1-3H3;1H2. The summed E-state index contributed by atoms with van der Waals surface area (Å²) in [6.07, 6.45) is 1.94. The number of hydrogen-bond donors (Lipinski definition) is 0. The fraction of sp³-hybridized carbons (Fsp3) is 0.440. The van der Waals surface area contributed by atoms with Crippen molar-refractivity contribution in [2.24, 2.45) is 0 Å². The lowest BCUT2D eigenvalue weighted by molar-refractivity contribution is -0.116. The number of hydrogen-bond acceptors (Lipinski definition) is 4. The molecule has 2 aromatic carbocycles. The van der Waals surface area contributed by atoms with Crippen LogP contribution in [-0.2, 0) is 4.79 Å². The van der Waals surface area contributed by atoms with E-state index < -0.39 is 0 Å². The van der Waals surface area contributed by atoms with E-state index >= 15 is 0 Å². The van der Waals surface area contributed by atoms with Crippen LogP contribution in [0.15, 0.2) is 42.5 Å². The molecule has 1 aliphatic rings. The summed E-state index contributed by atoms with van der Waals surface area (Å²) in [4.78, 5) is 30.4. The molecule has 0 aromatic heterocycles. The molecule has 3 rings (SSSR count). The Morgan fingerprint density at radius 1 is 0.969 bits per heavy atom. The van der Waals surface area contributed by atoms with E-state index in [1.54, 1.807) is 19.9 Å². The van der Waals surface area contributed by atoms with Crippen LogP contribution in [0, 0.1) is 12.7 Å². The highest BCUT2D eigenvalue weighted by Gasteiger charge is 2.18. The predicted molar refractivity (Wildman–Crippen MR) is 127 cm³/mol. The number of amides is 1. The van der Waals surface area contributed by atoms with Gasteiger partial charge in [-0.2, -0.15) is 0 Å². The Kier molecular flexibility index (Phi) is 9.35. The van der Waals surface area contributed by atoms with Crippen LogP contribution in [0.3, 0.4) is 0 Å². The molecule has 174 valence electrons. The zero-order chi connectivity index (χ0) is 22.4. The molecular formula is C25H34FN3O3. The Balaban J connectivity index is 0.00000363. The molecule has 1 fully saturated rings. The number of unbranched alkanes of at least 4 members (excludes halogenated alkanes) is 1. The summed E-state index contributed by atoms with van der Waals surface area (Å²) in [5.41, 5.74) is 3.57. The molecule has 2 aromatic rings. The van der Waals surface area contributed by atoms with E-state index in [1.807, 2.05) is 36.1 Å². The highest BCUT2D eigenvalue weighted by atomic mass is 19.1. The van der Waals surface area contributed by atoms with Crippen LogP contribution < -0.4 is 9.80 Å². The molecule has 0 atom stereocenters. The Bertz CT molecular complexity index is 909. The van der Waals surface area contributed by atoms with Crippen LogP contribution >= 0.6 is 0 Å². The van der Waals surface area contributed by atoms with E-state index in [0.717, 1.165) is 62.5 Å². The summed E-state index contributed by atoms with van der Waals surface area (Å²) >= 11 is 0. The largest absolute Gasteiger partial charge is 0.412 e. The first kappa shape index (κ1) is 25.5. The van der Waals surface area contributed by atoms with Gasteiger partial charge in [-0.05, 0) is 81.3 Å². The second kappa shape index (κ2) is 11.7. The number of benzene rings is 2. The van der Waals surface area contributed by atoms with Gasteiger partial charge in [0.15, 0.2) is 5.78 Å². The molecule has 0 bridgehead atoms. The third-order valence-electron chi connectivity index (χ3n) is 5.94. The highest BCUT2D eigenvalue weighted by Crippen LogP contribution is 2.23. The zero-order valence-corrected chi connectivity index (χ0v) is 19.2. The topological polar surface area (TPSA) is 75.4 Å². The normalized spacial score (nSPS) is 14.1. The second-order valence-corrected chi connectivity index (χ2v) is 8.24. The van der Waals surface area contributed by atoms with Crippen LogP contribution in [0.4, 0.5) is 15.8 Å². The molecule has 32 heavy (non-hydrogen) atoms. The van der Waals surface area contributed by atoms with Crippen molar-refractivity contribution in [1.82, 2.24) is 4.90 Å². The van der Waals surface area contributed by atoms with Crippen molar-refractivity contribution in [2.45, 2.75) is 33.6 Å². The lowest BCUT2D eigenvalue weighted by Crippen LogP contribution is -2.46. The minimum atomic E-state index is -0.202. The lowest BCUT2D eigenvalue weighted by atomic mass is 10.1. The minimum absolute atomic E-state index is 0. The number of rotatable bonds is 8. The lowest BCUT2D eigenvalue weighted by Gasteiger charge is -2.36. The Morgan fingerprint density at radius 2 is 1.62 bits per heavy atom. The average molecular weight is 444 g/mol. The van der Waals surface area contributed by atoms with Crippen molar-refractivity contribution in [3.05, 3.63) is 59.4 Å². The molecular weight excluding hydrogens is 409 g/mol. The quantitative estimate of drug-likeness (QED) is 0.463. The summed E-state index contributed by atoms with van der Waals surface area (Å²) in [6, 6.07) is 12.2. The highest BCUT2D eigenvalue weighted by molar-refractivity contribution is 5.96. The number of carbonyl (C=O) groups excluding carboxylic acids is 2. The van der Waals surface area contributed by atoms with Crippen molar-refractivity contribution in [1.29, 1.82) is 0 Å². The van der Waals surface area contributed by atoms with Crippen LogP contribution in [-0.4, -0.2) is 61.3 Å². The average Bonchev–Trinajstić information content (AvgIpc) is 2.75. The second-order valence-electron chi connectivity index (χ2n) is 8.24. The smallest absolute Gasteiger partial charge is 0.223 e. The van der Waals surface area contributed by atoms with Gasteiger partial charge in [-0.3, -0.25) is 14.5 Å². The number of piperazine rings is 1. The number of Topliss-reactive ketones (excluding diaryl/α,β-unsaturated/α-hetero) is 1. The van der Waals surface area contributed by atoms with Gasteiger partial charge in [-0.25, -0.2) is 4.39 Å². The first-order valence-electron chi connectivity index (χ1n) is 11.0. The maximum Gasteiger partial charge on any atom is 0.223 e. The van der Waals surface area contributed by atoms with E-state index in [4.69, 9.17) is 0 Å². The number of ketones is 1. The number of aryl methyl sites for hydroxylation is 1. The fourth-order valence-electron chi connectivity index (χ4n) is 4.11. The molecule has 0 radical (unpaired) electrons. The van der Waals surface area contributed by atoms with E-state index in [9.17, 15) is 14.0 Å². The maximum absolute atomic E-state index is 13.1. The molecule has 7 heteroatoms. The van der Waals surface area contributed by atoms with E-state index in [1.165, 1.54) is 12.1 Å². The van der Waals surface area contributed by atoms with E-state index in [0.29, 0.717) is 12.1 Å². The molecule has 1 saturated heterocycles. The predicted octanol–water partition coefficient (Wildman–Crippen LogP) is 3.47. The van der Waals surface area contributed by atoms with Crippen molar-refractivity contribution in [3.8, 4) is 0 Å². The number of halogens is 1. The molecule has 1 aliphatic heterocycles. The summed E-state index contributed by atoms with van der Waals surface area (Å²) in [7, 11) is 0. The van der Waals surface area contributed by atoms with Gasteiger partial charge in [-0.15, -0.1) is 0 Å². The molecule has 0 spiro atoms. The minimum Gasteiger partial charge on any atom is -0.412 e. The van der Waals surface area contributed by atoms with Gasteiger partial charge in [0.25, 0.3) is 0 Å². The number of nitrogens with zero attached hydrogens (tertiary/aromatic N) is 3. The number of anilines is 2. The Morgan fingerprint density at radius 3 is 2.19 bits per heavy atom.